The van der Waals surface area contributed by atoms with Crippen molar-refractivity contribution in [3.8, 4) is 11.4 Å². The van der Waals surface area contributed by atoms with Crippen LogP contribution in [0.4, 0.5) is 20.2 Å². The van der Waals surface area contributed by atoms with Gasteiger partial charge in [-0.15, -0.1) is 0 Å². The molecular formula is C26H25F2N7O4. The topological polar surface area (TPSA) is 120 Å². The highest BCUT2D eigenvalue weighted by atomic mass is 19.3. The number of nitrogens with zero attached hydrogens (tertiary/aromatic N) is 6. The maximum atomic E-state index is 13.3. The molecule has 0 bridgehead atoms. The Hall–Kier alpha value is -3.97. The molecule has 1 N–H and O–H groups in total. The van der Waals surface area contributed by atoms with Crippen LogP contribution >= 0.6 is 0 Å². The van der Waals surface area contributed by atoms with Gasteiger partial charge in [0.05, 0.1) is 53.4 Å². The first-order valence-electron chi connectivity index (χ1n) is 12.7. The maximum absolute atomic E-state index is 13.3. The molecule has 7 rings (SSSR count). The van der Waals surface area contributed by atoms with Gasteiger partial charge in [0.15, 0.2) is 0 Å². The Morgan fingerprint density at radius 2 is 2.05 bits per heavy atom. The Balaban J connectivity index is 1.07. The Kier molecular flexibility index (Phi) is 5.60. The summed E-state index contributed by atoms with van der Waals surface area (Å²) in [4.78, 5) is 24.4. The number of carbonyl (C=O) groups excluding carboxylic acids is 1. The number of nitrogens with one attached hydrogen (secondary N) is 1. The number of alkyl halides is 2. The summed E-state index contributed by atoms with van der Waals surface area (Å²) in [6, 6.07) is 5.71. The van der Waals surface area contributed by atoms with E-state index in [4.69, 9.17) is 9.26 Å². The van der Waals surface area contributed by atoms with Gasteiger partial charge in [-0.3, -0.25) is 9.78 Å². The molecule has 1 saturated carbocycles. The van der Waals surface area contributed by atoms with Crippen molar-refractivity contribution in [1.29, 1.82) is 0 Å². The Morgan fingerprint density at radius 1 is 1.23 bits per heavy atom. The van der Waals surface area contributed by atoms with Crippen LogP contribution in [0.5, 0.6) is 0 Å². The third-order valence-electron chi connectivity index (χ3n) is 7.76. The van der Waals surface area contributed by atoms with Crippen LogP contribution in [0.1, 0.15) is 40.7 Å². The van der Waals surface area contributed by atoms with Gasteiger partial charge in [0.2, 0.25) is 11.7 Å². The van der Waals surface area contributed by atoms with E-state index in [1.54, 1.807) is 29.9 Å². The lowest BCUT2D eigenvalue weighted by Crippen LogP contribution is -2.66. The average molecular weight is 538 g/mol. The molecule has 39 heavy (non-hydrogen) atoms. The lowest BCUT2D eigenvalue weighted by atomic mass is 9.78. The van der Waals surface area contributed by atoms with E-state index in [-0.39, 0.29) is 17.2 Å². The number of amides is 1. The van der Waals surface area contributed by atoms with Gasteiger partial charge >= 0.3 is 6.61 Å². The summed E-state index contributed by atoms with van der Waals surface area (Å²) >= 11 is 0. The summed E-state index contributed by atoms with van der Waals surface area (Å²) in [6.45, 7) is 2.50. The second-order valence-corrected chi connectivity index (χ2v) is 10.6. The third-order valence-corrected chi connectivity index (χ3v) is 7.76. The Morgan fingerprint density at radius 3 is 2.79 bits per heavy atom. The zero-order valence-corrected chi connectivity index (χ0v) is 21.0. The highest BCUT2D eigenvalue weighted by Crippen LogP contribution is 2.41. The molecule has 0 atom stereocenters. The molecule has 2 saturated heterocycles. The van der Waals surface area contributed by atoms with Gasteiger partial charge in [0.1, 0.15) is 0 Å². The first-order chi connectivity index (χ1) is 18.9. The fraction of sp³-hybridized carbons (Fsp3) is 0.423. The first-order valence-corrected chi connectivity index (χ1v) is 12.7. The number of hydrogen-bond donors (Lipinski definition) is 1. The summed E-state index contributed by atoms with van der Waals surface area (Å²) in [5.74, 6) is 0.225. The summed E-state index contributed by atoms with van der Waals surface area (Å²) in [7, 11) is 0. The third kappa shape index (κ3) is 4.31. The van der Waals surface area contributed by atoms with E-state index in [2.05, 4.69) is 35.2 Å². The fourth-order valence-corrected chi connectivity index (χ4v) is 5.37. The minimum Gasteiger partial charge on any atom is -0.380 e. The van der Waals surface area contributed by atoms with Crippen LogP contribution in [0.3, 0.4) is 0 Å². The number of fused-ring (bicyclic) bond motifs is 1. The largest absolute Gasteiger partial charge is 0.380 e. The summed E-state index contributed by atoms with van der Waals surface area (Å²) in [5, 5.41) is 11.3. The minimum atomic E-state index is -2.79. The number of ether oxygens (including phenoxy) is 2. The molecule has 2 aliphatic heterocycles. The molecule has 1 spiro atoms. The number of carbonyl (C=O) groups is 1. The van der Waals surface area contributed by atoms with Crippen LogP contribution in [0.15, 0.2) is 41.3 Å². The van der Waals surface area contributed by atoms with Gasteiger partial charge in [0.25, 0.3) is 5.91 Å². The molecule has 3 aliphatic rings. The molecule has 0 unspecified atom stereocenters. The van der Waals surface area contributed by atoms with E-state index in [9.17, 15) is 13.6 Å². The van der Waals surface area contributed by atoms with Gasteiger partial charge in [-0.05, 0) is 38.0 Å². The van der Waals surface area contributed by atoms with Crippen LogP contribution in [0, 0.1) is 12.3 Å². The van der Waals surface area contributed by atoms with Gasteiger partial charge in [-0.25, -0.2) is 4.52 Å². The van der Waals surface area contributed by atoms with Crippen LogP contribution in [0.2, 0.25) is 0 Å². The lowest BCUT2D eigenvalue weighted by molar-refractivity contribution is -0.185. The first kappa shape index (κ1) is 24.1. The zero-order valence-electron chi connectivity index (χ0n) is 21.0. The predicted molar refractivity (Wildman–Crippen MR) is 134 cm³/mol. The van der Waals surface area contributed by atoms with Crippen molar-refractivity contribution >= 4 is 22.8 Å². The highest BCUT2D eigenvalue weighted by Gasteiger charge is 2.49. The van der Waals surface area contributed by atoms with Crippen LogP contribution in [0.25, 0.3) is 16.9 Å². The van der Waals surface area contributed by atoms with E-state index in [1.807, 2.05) is 18.3 Å². The zero-order chi connectivity index (χ0) is 26.7. The van der Waals surface area contributed by atoms with Crippen molar-refractivity contribution in [2.24, 2.45) is 5.41 Å². The maximum Gasteiger partial charge on any atom is 0.345 e. The van der Waals surface area contributed by atoms with Gasteiger partial charge < -0.3 is 24.2 Å². The Bertz CT molecular complexity index is 1550. The summed E-state index contributed by atoms with van der Waals surface area (Å²) in [6.07, 6.45) is 5.28. The van der Waals surface area contributed by atoms with E-state index in [1.165, 1.54) is 0 Å². The smallest absolute Gasteiger partial charge is 0.345 e. The molecule has 0 aromatic carbocycles. The Labute approximate surface area is 221 Å². The summed E-state index contributed by atoms with van der Waals surface area (Å²) in [5.41, 5.74) is 4.15. The molecule has 4 aromatic rings. The van der Waals surface area contributed by atoms with Crippen molar-refractivity contribution in [3.05, 3.63) is 53.9 Å². The molecule has 4 aromatic heterocycles. The fourth-order valence-electron chi connectivity index (χ4n) is 5.37. The van der Waals surface area contributed by atoms with E-state index in [0.29, 0.717) is 52.6 Å². The van der Waals surface area contributed by atoms with Gasteiger partial charge in [-0.1, -0.05) is 5.16 Å². The molecule has 1 amide bonds. The second-order valence-electron chi connectivity index (χ2n) is 10.6. The van der Waals surface area contributed by atoms with Crippen LogP contribution < -0.4 is 10.2 Å². The predicted octanol–water partition coefficient (Wildman–Crippen LogP) is 3.66. The van der Waals surface area contributed by atoms with Crippen molar-refractivity contribution in [2.45, 2.75) is 38.4 Å². The number of rotatable bonds is 7. The highest BCUT2D eigenvalue weighted by molar-refractivity contribution is 6.09. The number of pyridine rings is 2. The number of aryl methyl sites for hydroxylation is 1. The molecule has 11 nitrogen and oxygen atoms in total. The quantitative estimate of drug-likeness (QED) is 0.377. The minimum absolute atomic E-state index is 0.128. The van der Waals surface area contributed by atoms with Crippen LogP contribution in [-0.4, -0.2) is 69.7 Å². The normalized spacial score (nSPS) is 21.6. The van der Waals surface area contributed by atoms with E-state index >= 15 is 0 Å². The molecule has 202 valence electrons. The SMILES string of the molecule is Cc1ncc(-c2noc(C3CC(OC(F)F)C3)n2)cc1NC(=O)c1cnn2ccc(N3CC4(COC4)C3)cc12. The van der Waals surface area contributed by atoms with Crippen molar-refractivity contribution in [1.82, 2.24) is 24.7 Å². The van der Waals surface area contributed by atoms with E-state index < -0.39 is 12.7 Å². The molecule has 6 heterocycles. The molecular weight excluding hydrogens is 512 g/mol. The van der Waals surface area contributed by atoms with Gasteiger partial charge in [0, 0.05) is 42.7 Å². The molecule has 3 fully saturated rings. The van der Waals surface area contributed by atoms with E-state index in [0.717, 1.165) is 32.0 Å². The van der Waals surface area contributed by atoms with Crippen molar-refractivity contribution in [3.63, 3.8) is 0 Å². The second kappa shape index (κ2) is 9.06. The lowest BCUT2D eigenvalue weighted by Gasteiger charge is -2.56. The molecule has 13 heteroatoms. The van der Waals surface area contributed by atoms with Crippen molar-refractivity contribution in [2.75, 3.05) is 36.5 Å². The molecule has 0 radical (unpaired) electrons. The number of anilines is 2. The van der Waals surface area contributed by atoms with Gasteiger partial charge in [-0.2, -0.15) is 18.9 Å². The average Bonchev–Trinajstić information content (AvgIpc) is 3.48. The number of halogens is 2. The molecule has 1 aliphatic carbocycles. The van der Waals surface area contributed by atoms with Crippen molar-refractivity contribution < 1.29 is 27.6 Å². The monoisotopic (exact) mass is 537 g/mol. The summed E-state index contributed by atoms with van der Waals surface area (Å²) < 4.78 is 41.7. The standard InChI is InChI=1S/C26H25F2N7O4/c1-14-20(6-16(8-29-14)22-32-24(39-33-22)15-4-18(5-15)38-25(27)28)31-23(36)19-9-30-35-3-2-17(7-21(19)35)34-10-26(11-34)12-37-13-26/h2-3,6-9,15,18,25H,4-5,10-13H2,1H3,(H,31,36). The number of aromatic nitrogens is 5. The number of hydrogen-bond acceptors (Lipinski definition) is 9. The van der Waals surface area contributed by atoms with Crippen LogP contribution in [-0.2, 0) is 9.47 Å².